The van der Waals surface area contributed by atoms with Crippen LogP contribution >= 0.6 is 11.9 Å². The molecule has 3 N–H and O–H groups in total. The number of hydrogen-bond acceptors (Lipinski definition) is 4. The van der Waals surface area contributed by atoms with E-state index in [4.69, 9.17) is 0 Å². The second-order valence-electron chi connectivity index (χ2n) is 7.87. The minimum atomic E-state index is -1.55. The number of carbonyl (C=O) groups excluding carboxylic acids is 1. The molecule has 0 fully saturated rings. The third kappa shape index (κ3) is 4.99. The highest BCUT2D eigenvalue weighted by Gasteiger charge is 2.23. The Labute approximate surface area is 185 Å². The number of aliphatic hydroxyl groups is 1. The van der Waals surface area contributed by atoms with E-state index < -0.39 is 18.3 Å². The summed E-state index contributed by atoms with van der Waals surface area (Å²) in [6.07, 6.45) is 1.86. The monoisotopic (exact) mass is 444 g/mol. The molecule has 0 radical (unpaired) electrons. The van der Waals surface area contributed by atoms with E-state index in [1.54, 1.807) is 49.4 Å². The van der Waals surface area contributed by atoms with E-state index in [2.05, 4.69) is 10.0 Å². The summed E-state index contributed by atoms with van der Waals surface area (Å²) in [6.45, 7) is 4.15. The molecule has 0 bridgehead atoms. The van der Waals surface area contributed by atoms with E-state index in [0.717, 1.165) is 16.3 Å². The van der Waals surface area contributed by atoms with Gasteiger partial charge in [-0.3, -0.25) is 4.79 Å². The number of amides is 1. The van der Waals surface area contributed by atoms with Crippen LogP contribution in [0.15, 0.2) is 48.5 Å². The molecule has 7 heteroatoms. The highest BCUT2D eigenvalue weighted by Crippen LogP contribution is 2.28. The summed E-state index contributed by atoms with van der Waals surface area (Å²) in [6, 6.07) is 12.9. The fourth-order valence-corrected chi connectivity index (χ4v) is 3.85. The van der Waals surface area contributed by atoms with Gasteiger partial charge in [0.05, 0.1) is 6.04 Å². The first-order valence-electron chi connectivity index (χ1n) is 9.89. The maximum Gasteiger partial charge on any atom is 0.251 e. The summed E-state index contributed by atoms with van der Waals surface area (Å²) in [5.41, 5.74) is 1.35. The van der Waals surface area contributed by atoms with E-state index in [0.29, 0.717) is 22.4 Å². The minimum absolute atomic E-state index is 0.322. The van der Waals surface area contributed by atoms with Crippen molar-refractivity contribution in [2.75, 3.05) is 17.7 Å². The average Bonchev–Trinajstić information content (AvgIpc) is 2.75. The lowest BCUT2D eigenvalue weighted by atomic mass is 9.94. The second-order valence-corrected chi connectivity index (χ2v) is 8.49. The van der Waals surface area contributed by atoms with Crippen molar-refractivity contribution in [3.63, 3.8) is 0 Å². The number of halogens is 2. The Balaban J connectivity index is 1.81. The first-order chi connectivity index (χ1) is 14.7. The van der Waals surface area contributed by atoms with E-state index >= 15 is 0 Å². The molecular formula is C24H26F2N2O2S. The Morgan fingerprint density at radius 2 is 1.84 bits per heavy atom. The van der Waals surface area contributed by atoms with Gasteiger partial charge in [-0.15, -0.1) is 0 Å². The Morgan fingerprint density at radius 1 is 1.16 bits per heavy atom. The largest absolute Gasteiger partial charge is 0.383 e. The van der Waals surface area contributed by atoms with Crippen molar-refractivity contribution in [3.05, 3.63) is 76.6 Å². The summed E-state index contributed by atoms with van der Waals surface area (Å²) in [4.78, 5) is 12.8. The number of hydrogen-bond donors (Lipinski definition) is 3. The zero-order chi connectivity index (χ0) is 22.8. The third-order valence-electron chi connectivity index (χ3n) is 5.35. The maximum atomic E-state index is 14.6. The van der Waals surface area contributed by atoms with Crippen LogP contribution in [0.1, 0.15) is 46.9 Å². The van der Waals surface area contributed by atoms with Crippen molar-refractivity contribution >= 4 is 34.3 Å². The van der Waals surface area contributed by atoms with Crippen molar-refractivity contribution in [1.82, 2.24) is 5.32 Å². The Bertz CT molecular complexity index is 1120. The molecule has 1 amide bonds. The Morgan fingerprint density at radius 3 is 2.52 bits per heavy atom. The molecule has 3 rings (SSSR count). The highest BCUT2D eigenvalue weighted by atomic mass is 32.2. The van der Waals surface area contributed by atoms with Crippen LogP contribution in [0.4, 0.5) is 14.5 Å². The summed E-state index contributed by atoms with van der Waals surface area (Å²) in [7, 11) is 0. The first-order valence-corrected chi connectivity index (χ1v) is 11.1. The number of benzene rings is 3. The lowest BCUT2D eigenvalue weighted by Gasteiger charge is -2.20. The zero-order valence-electron chi connectivity index (χ0n) is 17.9. The van der Waals surface area contributed by atoms with Crippen LogP contribution in [0.5, 0.6) is 0 Å². The number of rotatable bonds is 7. The first kappa shape index (κ1) is 23.0. The molecule has 3 aromatic rings. The third-order valence-corrected chi connectivity index (χ3v) is 5.78. The summed E-state index contributed by atoms with van der Waals surface area (Å²) in [5.74, 6) is -0.710. The Hall–Kier alpha value is -2.64. The van der Waals surface area contributed by atoms with Crippen LogP contribution in [-0.4, -0.2) is 23.9 Å². The lowest BCUT2D eigenvalue weighted by molar-refractivity contribution is 0.0301. The van der Waals surface area contributed by atoms with Gasteiger partial charge in [0.2, 0.25) is 0 Å². The molecule has 0 heterocycles. The van der Waals surface area contributed by atoms with Crippen molar-refractivity contribution < 1.29 is 18.7 Å². The van der Waals surface area contributed by atoms with E-state index in [9.17, 15) is 18.7 Å². The van der Waals surface area contributed by atoms with Crippen LogP contribution in [0, 0.1) is 12.7 Å². The number of nitrogens with one attached hydrogen (secondary N) is 2. The standard InChI is InChI=1S/C24H26F2N2O2S/c1-14-9-20(21(26)12-22(14)28-31-4)15(2)27-23(29)18-6-5-17-11-19(24(3,30)13-25)8-7-16(17)10-18/h5-12,15,28,30H,13H2,1-4H3,(H,27,29). The molecular weight excluding hydrogens is 418 g/mol. The molecule has 0 aliphatic carbocycles. The van der Waals surface area contributed by atoms with Gasteiger partial charge in [0.25, 0.3) is 5.91 Å². The fraction of sp³-hybridized carbons (Fsp3) is 0.292. The molecule has 0 saturated carbocycles. The summed E-state index contributed by atoms with van der Waals surface area (Å²) in [5, 5.41) is 14.5. The molecule has 0 aromatic heterocycles. The molecule has 2 unspecified atom stereocenters. The van der Waals surface area contributed by atoms with Crippen LogP contribution in [0.2, 0.25) is 0 Å². The van der Waals surface area contributed by atoms with E-state index in [1.165, 1.54) is 24.9 Å². The van der Waals surface area contributed by atoms with Gasteiger partial charge < -0.3 is 15.1 Å². The molecule has 3 aromatic carbocycles. The van der Waals surface area contributed by atoms with Gasteiger partial charge in [0, 0.05) is 23.1 Å². The quantitative estimate of drug-likeness (QED) is 0.413. The predicted octanol–water partition coefficient (Wildman–Crippen LogP) is 5.65. The van der Waals surface area contributed by atoms with Crippen LogP contribution in [0.25, 0.3) is 10.8 Å². The van der Waals surface area contributed by atoms with Gasteiger partial charge in [-0.2, -0.15) is 0 Å². The predicted molar refractivity (Wildman–Crippen MR) is 124 cm³/mol. The van der Waals surface area contributed by atoms with Gasteiger partial charge in [0.15, 0.2) is 0 Å². The van der Waals surface area contributed by atoms with Gasteiger partial charge in [0.1, 0.15) is 18.1 Å². The zero-order valence-corrected chi connectivity index (χ0v) is 18.7. The van der Waals surface area contributed by atoms with Crippen molar-refractivity contribution in [1.29, 1.82) is 0 Å². The molecule has 164 valence electrons. The SMILES string of the molecule is CSNc1cc(F)c(C(C)NC(=O)c2ccc3cc(C(C)(O)CF)ccc3c2)cc1C. The van der Waals surface area contributed by atoms with Gasteiger partial charge >= 0.3 is 0 Å². The number of alkyl halides is 1. The molecule has 2 atom stereocenters. The fourth-order valence-electron chi connectivity index (χ4n) is 3.41. The number of carbonyl (C=O) groups is 1. The van der Waals surface area contributed by atoms with E-state index in [-0.39, 0.29) is 11.7 Å². The molecule has 0 aliphatic rings. The smallest absolute Gasteiger partial charge is 0.251 e. The molecule has 31 heavy (non-hydrogen) atoms. The van der Waals surface area contributed by atoms with Crippen molar-refractivity contribution in [2.45, 2.75) is 32.4 Å². The van der Waals surface area contributed by atoms with Gasteiger partial charge in [-0.05, 0) is 73.0 Å². The molecule has 0 aliphatic heterocycles. The lowest BCUT2D eigenvalue weighted by Crippen LogP contribution is -2.27. The highest BCUT2D eigenvalue weighted by molar-refractivity contribution is 7.99. The summed E-state index contributed by atoms with van der Waals surface area (Å²) >= 11 is 1.39. The number of aryl methyl sites for hydroxylation is 1. The Kier molecular flexibility index (Phi) is 6.86. The molecule has 0 saturated heterocycles. The average molecular weight is 445 g/mol. The molecule has 0 spiro atoms. The van der Waals surface area contributed by atoms with Gasteiger partial charge in [-0.25, -0.2) is 8.78 Å². The minimum Gasteiger partial charge on any atom is -0.383 e. The topological polar surface area (TPSA) is 61.4 Å². The van der Waals surface area contributed by atoms with Crippen LogP contribution in [0.3, 0.4) is 0 Å². The van der Waals surface area contributed by atoms with Crippen molar-refractivity contribution in [3.8, 4) is 0 Å². The van der Waals surface area contributed by atoms with Gasteiger partial charge in [-0.1, -0.05) is 30.1 Å². The van der Waals surface area contributed by atoms with Crippen molar-refractivity contribution in [2.24, 2.45) is 0 Å². The normalized spacial score (nSPS) is 14.2. The number of anilines is 1. The van der Waals surface area contributed by atoms with Crippen LogP contribution < -0.4 is 10.0 Å². The van der Waals surface area contributed by atoms with E-state index in [1.807, 2.05) is 13.2 Å². The molecule has 4 nitrogen and oxygen atoms in total. The second kappa shape index (κ2) is 9.24. The summed E-state index contributed by atoms with van der Waals surface area (Å²) < 4.78 is 30.7. The van der Waals surface area contributed by atoms with Crippen LogP contribution in [-0.2, 0) is 5.60 Å². The maximum absolute atomic E-state index is 14.6. The number of fused-ring (bicyclic) bond motifs is 1.